The number of aliphatic hydroxyl groups excluding tert-OH is 1. The molecule has 0 aromatic heterocycles. The number of hydrogen-bond donors (Lipinski definition) is 1. The van der Waals surface area contributed by atoms with Gasteiger partial charge in [-0.25, -0.2) is 0 Å². The van der Waals surface area contributed by atoms with Crippen molar-refractivity contribution in [2.75, 3.05) is 6.61 Å². The Morgan fingerprint density at radius 2 is 0.980 bits per heavy atom. The van der Waals surface area contributed by atoms with Crippen LogP contribution >= 0.6 is 0 Å². The largest absolute Gasteiger partial charge is 0.388 e. The maximum absolute atomic E-state index is 14.3. The first-order valence-electron chi connectivity index (χ1n) is 16.5. The third-order valence-electron chi connectivity index (χ3n) is 8.07. The zero-order valence-corrected chi connectivity index (χ0v) is 27.9. The summed E-state index contributed by atoms with van der Waals surface area (Å²) >= 11 is 0. The van der Waals surface area contributed by atoms with E-state index in [0.717, 1.165) is 34.4 Å². The van der Waals surface area contributed by atoms with Crippen LogP contribution in [0.1, 0.15) is 32.6 Å². The van der Waals surface area contributed by atoms with Crippen molar-refractivity contribution < 1.29 is 38.6 Å². The summed E-state index contributed by atoms with van der Waals surface area (Å²) in [7, 11) is 0. The molecular formula is C41H39NO9. The van der Waals surface area contributed by atoms with E-state index >= 15 is 0 Å². The molecule has 0 aliphatic heterocycles. The second-order valence-corrected chi connectivity index (χ2v) is 11.8. The van der Waals surface area contributed by atoms with Crippen LogP contribution in [0.5, 0.6) is 0 Å². The van der Waals surface area contributed by atoms with Crippen molar-refractivity contribution >= 4 is 17.3 Å². The highest BCUT2D eigenvalue weighted by molar-refractivity contribution is 6.45. The minimum atomic E-state index is -1.57. The average molecular weight is 690 g/mol. The smallest absolute Gasteiger partial charge is 0.269 e. The first kappa shape index (κ1) is 36.9. The minimum Gasteiger partial charge on any atom is -0.388 e. The van der Waals surface area contributed by atoms with E-state index in [4.69, 9.17) is 18.9 Å². The van der Waals surface area contributed by atoms with Gasteiger partial charge < -0.3 is 24.1 Å². The Morgan fingerprint density at radius 1 is 0.569 bits per heavy atom. The Kier molecular flexibility index (Phi) is 13.9. The molecule has 0 heterocycles. The number of nitro benzene ring substituents is 1. The number of ether oxygens (including phenoxy) is 4. The van der Waals surface area contributed by atoms with Crippen LogP contribution in [-0.4, -0.2) is 52.6 Å². The monoisotopic (exact) mass is 689 g/mol. The van der Waals surface area contributed by atoms with Gasteiger partial charge in [0.1, 0.15) is 18.3 Å². The lowest BCUT2D eigenvalue weighted by Gasteiger charge is -2.35. The molecular weight excluding hydrogens is 650 g/mol. The average Bonchev–Trinajstić information content (AvgIpc) is 3.18. The van der Waals surface area contributed by atoms with Gasteiger partial charge in [-0.15, -0.1) is 0 Å². The van der Waals surface area contributed by atoms with Crippen molar-refractivity contribution in [3.05, 3.63) is 184 Å². The molecule has 5 aromatic carbocycles. The fourth-order valence-corrected chi connectivity index (χ4v) is 5.37. The maximum Gasteiger partial charge on any atom is 0.269 e. The highest BCUT2D eigenvalue weighted by atomic mass is 16.6. The summed E-state index contributed by atoms with van der Waals surface area (Å²) in [5.41, 5.74) is 2.92. The number of benzene rings is 5. The summed E-state index contributed by atoms with van der Waals surface area (Å²) in [6, 6.07) is 41.9. The third-order valence-corrected chi connectivity index (χ3v) is 8.07. The summed E-state index contributed by atoms with van der Waals surface area (Å²) in [5.74, 6) is -1.91. The summed E-state index contributed by atoms with van der Waals surface area (Å²) in [6.07, 6.45) is -5.44. The molecule has 4 atom stereocenters. The second-order valence-electron chi connectivity index (χ2n) is 11.8. The highest BCUT2D eigenvalue weighted by Gasteiger charge is 2.43. The quantitative estimate of drug-likeness (QED) is 0.0411. The molecule has 51 heavy (non-hydrogen) atoms. The van der Waals surface area contributed by atoms with Crippen LogP contribution in [0.3, 0.4) is 0 Å². The van der Waals surface area contributed by atoms with E-state index in [0.29, 0.717) is 0 Å². The van der Waals surface area contributed by atoms with Crippen LogP contribution in [0, 0.1) is 10.1 Å². The molecule has 0 saturated heterocycles. The fourth-order valence-electron chi connectivity index (χ4n) is 5.37. The number of Topliss-reactive ketones (excluding diaryl/α,β-unsaturated/α-hetero) is 2. The van der Waals surface area contributed by atoms with Gasteiger partial charge in [0, 0.05) is 17.7 Å². The molecule has 10 heteroatoms. The molecule has 0 bridgehead atoms. The van der Waals surface area contributed by atoms with E-state index in [1.54, 1.807) is 0 Å². The van der Waals surface area contributed by atoms with Crippen molar-refractivity contribution in [3.8, 4) is 0 Å². The third kappa shape index (κ3) is 11.1. The van der Waals surface area contributed by atoms with Crippen LogP contribution in [0.25, 0.3) is 0 Å². The zero-order chi connectivity index (χ0) is 35.8. The van der Waals surface area contributed by atoms with Crippen LogP contribution < -0.4 is 0 Å². The Hall–Kier alpha value is -5.36. The van der Waals surface area contributed by atoms with Crippen molar-refractivity contribution in [3.63, 3.8) is 0 Å². The minimum absolute atomic E-state index is 0.00149. The first-order chi connectivity index (χ1) is 24.9. The maximum atomic E-state index is 14.3. The van der Waals surface area contributed by atoms with Gasteiger partial charge in [0.25, 0.3) is 5.69 Å². The Morgan fingerprint density at radius 3 is 1.43 bits per heavy atom. The number of non-ortho nitro benzene ring substituents is 1. The number of aliphatic hydroxyl groups is 1. The number of hydrogen-bond acceptors (Lipinski definition) is 9. The Bertz CT molecular complexity index is 1800. The van der Waals surface area contributed by atoms with Crippen molar-refractivity contribution in [1.29, 1.82) is 0 Å². The van der Waals surface area contributed by atoms with Gasteiger partial charge in [0.05, 0.1) is 38.0 Å². The lowest BCUT2D eigenvalue weighted by atomic mass is 9.94. The molecule has 10 nitrogen and oxygen atoms in total. The van der Waals surface area contributed by atoms with Gasteiger partial charge in [-0.1, -0.05) is 121 Å². The molecule has 0 spiro atoms. The van der Waals surface area contributed by atoms with E-state index in [1.807, 2.05) is 121 Å². The van der Waals surface area contributed by atoms with Crippen molar-refractivity contribution in [2.45, 2.75) is 50.8 Å². The molecule has 0 aliphatic carbocycles. The predicted molar refractivity (Wildman–Crippen MR) is 190 cm³/mol. The molecule has 0 unspecified atom stereocenters. The fraction of sp³-hybridized carbons (Fsp3) is 0.220. The molecule has 0 saturated carbocycles. The molecule has 0 aliphatic rings. The summed E-state index contributed by atoms with van der Waals surface area (Å²) in [6.45, 7) is 0.00259. The van der Waals surface area contributed by atoms with Crippen LogP contribution in [0.15, 0.2) is 146 Å². The number of carbonyl (C=O) groups is 2. The number of nitrogens with zero attached hydrogens (tertiary/aromatic N) is 1. The standard InChI is InChI=1S/C41H39NO9/c43-36(29-48-25-30-13-5-1-6-14-30)39(49-26-31-15-7-2-8-16-31)41(51-28-33-19-11-4-12-20-33)40(50-27-32-17-9-3-10-18-32)38(45)37(44)34-21-23-35(24-22-34)42(46)47/h1-24,36,39-41,43H,25-29H2/t36-,39-,40+,41+/m1/s1. The van der Waals surface area contributed by atoms with E-state index in [-0.39, 0.29) is 44.3 Å². The number of rotatable bonds is 20. The Balaban J connectivity index is 1.50. The van der Waals surface area contributed by atoms with Gasteiger partial charge >= 0.3 is 0 Å². The van der Waals surface area contributed by atoms with Gasteiger partial charge in [-0.05, 0) is 34.4 Å². The molecule has 0 fully saturated rings. The molecule has 1 N–H and O–H groups in total. The first-order valence-corrected chi connectivity index (χ1v) is 16.5. The normalized spacial score (nSPS) is 13.5. The second kappa shape index (κ2) is 19.1. The number of nitro groups is 1. The van der Waals surface area contributed by atoms with E-state index in [2.05, 4.69) is 0 Å². The van der Waals surface area contributed by atoms with Crippen molar-refractivity contribution in [1.82, 2.24) is 0 Å². The molecule has 0 amide bonds. The van der Waals surface area contributed by atoms with Crippen LogP contribution in [0.2, 0.25) is 0 Å². The molecule has 5 rings (SSSR count). The SMILES string of the molecule is O=C(C(=O)[C@H](OCc1ccccc1)[C@@H](OCc1ccccc1)[C@H](OCc1ccccc1)[C@H](O)COCc1ccccc1)c1ccc([N+](=O)[O-])cc1. The Labute approximate surface area is 296 Å². The predicted octanol–water partition coefficient (Wildman–Crippen LogP) is 6.68. The van der Waals surface area contributed by atoms with E-state index < -0.39 is 40.9 Å². The van der Waals surface area contributed by atoms with Gasteiger partial charge in [-0.3, -0.25) is 19.7 Å². The molecule has 0 radical (unpaired) electrons. The summed E-state index contributed by atoms with van der Waals surface area (Å²) < 4.78 is 25.0. The summed E-state index contributed by atoms with van der Waals surface area (Å²) in [4.78, 5) is 38.7. The van der Waals surface area contributed by atoms with Gasteiger partial charge in [0.2, 0.25) is 11.6 Å². The van der Waals surface area contributed by atoms with Crippen molar-refractivity contribution in [2.24, 2.45) is 0 Å². The molecule has 5 aromatic rings. The number of carbonyl (C=O) groups excluding carboxylic acids is 2. The summed E-state index contributed by atoms with van der Waals surface area (Å²) in [5, 5.41) is 23.0. The van der Waals surface area contributed by atoms with E-state index in [1.165, 1.54) is 12.1 Å². The lowest BCUT2D eigenvalue weighted by molar-refractivity contribution is -0.384. The zero-order valence-electron chi connectivity index (χ0n) is 27.9. The van der Waals surface area contributed by atoms with Gasteiger partial charge in [0.15, 0.2) is 6.10 Å². The van der Waals surface area contributed by atoms with Crippen LogP contribution in [-0.2, 0) is 50.2 Å². The van der Waals surface area contributed by atoms with Crippen LogP contribution in [0.4, 0.5) is 5.69 Å². The van der Waals surface area contributed by atoms with Gasteiger partial charge in [-0.2, -0.15) is 0 Å². The molecule has 262 valence electrons. The highest BCUT2D eigenvalue weighted by Crippen LogP contribution is 2.24. The van der Waals surface area contributed by atoms with E-state index in [9.17, 15) is 24.8 Å². The number of ketones is 2. The topological polar surface area (TPSA) is 134 Å². The lowest BCUT2D eigenvalue weighted by Crippen LogP contribution is -2.53.